The molecular weight excluding hydrogens is 274 g/mol. The van der Waals surface area contributed by atoms with Crippen LogP contribution in [0, 0.1) is 5.92 Å². The van der Waals surface area contributed by atoms with E-state index in [2.05, 4.69) is 0 Å². The van der Waals surface area contributed by atoms with E-state index in [0.717, 1.165) is 5.56 Å². The molecule has 0 aliphatic heterocycles. The van der Waals surface area contributed by atoms with E-state index in [9.17, 15) is 14.4 Å². The lowest BCUT2D eigenvalue weighted by atomic mass is 9.91. The standard InChI is InChI=1S/C15H19NO5/c1-21-15(20)11(7-10-5-3-2-4-6-10)8-13(17)12(16)9-14(18)19/h2-6,11-12H,7-9,16H2,1H3,(H,18,19)/t11-,12+/m1/s1. The van der Waals surface area contributed by atoms with Crippen LogP contribution >= 0.6 is 0 Å². The van der Waals surface area contributed by atoms with Crippen LogP contribution in [0.1, 0.15) is 18.4 Å². The fourth-order valence-electron chi connectivity index (χ4n) is 2.00. The van der Waals surface area contributed by atoms with Crippen molar-refractivity contribution in [3.8, 4) is 0 Å². The van der Waals surface area contributed by atoms with E-state index in [0.29, 0.717) is 6.42 Å². The molecule has 0 unspecified atom stereocenters. The predicted octanol–water partition coefficient (Wildman–Crippen LogP) is 0.780. The number of carbonyl (C=O) groups excluding carboxylic acids is 2. The summed E-state index contributed by atoms with van der Waals surface area (Å²) in [5.41, 5.74) is 6.41. The first-order valence-corrected chi connectivity index (χ1v) is 6.56. The Morgan fingerprint density at radius 1 is 1.19 bits per heavy atom. The van der Waals surface area contributed by atoms with Crippen LogP contribution in [0.2, 0.25) is 0 Å². The van der Waals surface area contributed by atoms with Gasteiger partial charge in [0.1, 0.15) is 0 Å². The molecule has 0 saturated carbocycles. The highest BCUT2D eigenvalue weighted by Gasteiger charge is 2.26. The molecule has 2 atom stereocenters. The zero-order chi connectivity index (χ0) is 15.8. The van der Waals surface area contributed by atoms with E-state index < -0.39 is 36.1 Å². The number of hydrogen-bond acceptors (Lipinski definition) is 5. The molecule has 0 aliphatic rings. The molecule has 6 nitrogen and oxygen atoms in total. The van der Waals surface area contributed by atoms with E-state index in [1.54, 1.807) is 0 Å². The number of nitrogens with two attached hydrogens (primary N) is 1. The van der Waals surface area contributed by atoms with E-state index in [4.69, 9.17) is 15.6 Å². The summed E-state index contributed by atoms with van der Waals surface area (Å²) in [4.78, 5) is 34.2. The van der Waals surface area contributed by atoms with Gasteiger partial charge in [0.25, 0.3) is 0 Å². The van der Waals surface area contributed by atoms with Crippen LogP contribution in [0.4, 0.5) is 0 Å². The van der Waals surface area contributed by atoms with Crippen LogP contribution in [-0.4, -0.2) is 36.0 Å². The summed E-state index contributed by atoms with van der Waals surface area (Å²) < 4.78 is 4.70. The van der Waals surface area contributed by atoms with Gasteiger partial charge >= 0.3 is 11.9 Å². The lowest BCUT2D eigenvalue weighted by molar-refractivity contribution is -0.147. The lowest BCUT2D eigenvalue weighted by Gasteiger charge is -2.16. The number of methoxy groups -OCH3 is 1. The van der Waals surface area contributed by atoms with E-state index in [-0.39, 0.29) is 6.42 Å². The summed E-state index contributed by atoms with van der Waals surface area (Å²) in [5.74, 6) is -2.77. The van der Waals surface area contributed by atoms with E-state index >= 15 is 0 Å². The average molecular weight is 293 g/mol. The normalized spacial score (nSPS) is 13.2. The fourth-order valence-corrected chi connectivity index (χ4v) is 2.00. The predicted molar refractivity (Wildman–Crippen MR) is 75.5 cm³/mol. The summed E-state index contributed by atoms with van der Waals surface area (Å²) in [5, 5.41) is 8.63. The van der Waals surface area contributed by atoms with Gasteiger partial charge in [-0.15, -0.1) is 0 Å². The molecule has 1 aromatic carbocycles. The Morgan fingerprint density at radius 3 is 2.33 bits per heavy atom. The van der Waals surface area contributed by atoms with Gasteiger partial charge < -0.3 is 15.6 Å². The van der Waals surface area contributed by atoms with Crippen LogP contribution in [0.15, 0.2) is 30.3 Å². The van der Waals surface area contributed by atoms with Gasteiger partial charge in [0.2, 0.25) is 0 Å². The first-order chi connectivity index (χ1) is 9.93. The highest BCUT2D eigenvalue weighted by Crippen LogP contribution is 2.15. The zero-order valence-electron chi connectivity index (χ0n) is 11.8. The number of carboxylic acid groups (broad SMARTS) is 1. The van der Waals surface area contributed by atoms with Gasteiger partial charge in [-0.05, 0) is 12.0 Å². The number of carboxylic acids is 1. The van der Waals surface area contributed by atoms with E-state index in [1.165, 1.54) is 7.11 Å². The Morgan fingerprint density at radius 2 is 1.81 bits per heavy atom. The van der Waals surface area contributed by atoms with Gasteiger partial charge in [-0.2, -0.15) is 0 Å². The maximum absolute atomic E-state index is 11.9. The zero-order valence-corrected chi connectivity index (χ0v) is 11.8. The minimum Gasteiger partial charge on any atom is -0.481 e. The van der Waals surface area contributed by atoms with Crippen LogP contribution in [0.5, 0.6) is 0 Å². The number of hydrogen-bond donors (Lipinski definition) is 2. The molecule has 114 valence electrons. The van der Waals surface area contributed by atoms with Gasteiger partial charge in [0.15, 0.2) is 5.78 Å². The molecule has 0 saturated heterocycles. The van der Waals surface area contributed by atoms with Crippen LogP contribution in [0.3, 0.4) is 0 Å². The molecular formula is C15H19NO5. The molecule has 1 rings (SSSR count). The molecule has 0 fully saturated rings. The maximum atomic E-state index is 11.9. The number of ketones is 1. The Hall–Kier alpha value is -2.21. The monoisotopic (exact) mass is 293 g/mol. The van der Waals surface area contributed by atoms with Crippen molar-refractivity contribution in [2.75, 3.05) is 7.11 Å². The van der Waals surface area contributed by atoms with Crippen molar-refractivity contribution in [3.05, 3.63) is 35.9 Å². The smallest absolute Gasteiger partial charge is 0.309 e. The average Bonchev–Trinajstić information content (AvgIpc) is 2.46. The van der Waals surface area contributed by atoms with Gasteiger partial charge in [0, 0.05) is 6.42 Å². The first-order valence-electron chi connectivity index (χ1n) is 6.56. The van der Waals surface area contributed by atoms with Crippen LogP contribution in [-0.2, 0) is 25.5 Å². The molecule has 0 amide bonds. The van der Waals surface area contributed by atoms with Gasteiger partial charge in [-0.3, -0.25) is 14.4 Å². The third-order valence-corrected chi connectivity index (χ3v) is 3.12. The highest BCUT2D eigenvalue weighted by molar-refractivity contribution is 5.90. The third kappa shape index (κ3) is 5.74. The molecule has 21 heavy (non-hydrogen) atoms. The van der Waals surface area contributed by atoms with Gasteiger partial charge in [-0.1, -0.05) is 30.3 Å². The quantitative estimate of drug-likeness (QED) is 0.686. The van der Waals surface area contributed by atoms with Crippen molar-refractivity contribution in [3.63, 3.8) is 0 Å². The second-order valence-electron chi connectivity index (χ2n) is 4.78. The maximum Gasteiger partial charge on any atom is 0.309 e. The molecule has 0 spiro atoms. The topological polar surface area (TPSA) is 107 Å². The number of ether oxygens (including phenoxy) is 1. The second kappa shape index (κ2) is 8.16. The Balaban J connectivity index is 2.72. The number of aliphatic carboxylic acids is 1. The summed E-state index contributed by atoms with van der Waals surface area (Å²) in [6.07, 6.45) is -0.229. The highest BCUT2D eigenvalue weighted by atomic mass is 16.5. The molecule has 0 aliphatic carbocycles. The van der Waals surface area contributed by atoms with Crippen molar-refractivity contribution >= 4 is 17.7 Å². The molecule has 0 aromatic heterocycles. The minimum atomic E-state index is -1.14. The lowest BCUT2D eigenvalue weighted by Crippen LogP contribution is -2.35. The fraction of sp³-hybridized carbons (Fsp3) is 0.400. The number of Topliss-reactive ketones (excluding diaryl/α,β-unsaturated/α-hetero) is 1. The molecule has 0 heterocycles. The number of rotatable bonds is 8. The first kappa shape index (κ1) is 16.8. The summed E-state index contributed by atoms with van der Waals surface area (Å²) >= 11 is 0. The van der Waals surface area contributed by atoms with E-state index in [1.807, 2.05) is 30.3 Å². The molecule has 6 heteroatoms. The molecule has 0 bridgehead atoms. The second-order valence-corrected chi connectivity index (χ2v) is 4.78. The Labute approximate surface area is 122 Å². The van der Waals surface area contributed by atoms with Crippen molar-refractivity contribution in [2.24, 2.45) is 11.7 Å². The van der Waals surface area contributed by atoms with Crippen molar-refractivity contribution in [2.45, 2.75) is 25.3 Å². The van der Waals surface area contributed by atoms with Crippen LogP contribution in [0.25, 0.3) is 0 Å². The summed E-state index contributed by atoms with van der Waals surface area (Å²) in [6, 6.07) is 8.11. The molecule has 1 aromatic rings. The largest absolute Gasteiger partial charge is 0.481 e. The van der Waals surface area contributed by atoms with Crippen molar-refractivity contribution in [1.29, 1.82) is 0 Å². The van der Waals surface area contributed by atoms with Crippen LogP contribution < -0.4 is 5.73 Å². The number of esters is 1. The van der Waals surface area contributed by atoms with Crippen molar-refractivity contribution < 1.29 is 24.2 Å². The van der Waals surface area contributed by atoms with Gasteiger partial charge in [-0.25, -0.2) is 0 Å². The molecule has 3 N–H and O–H groups in total. The summed E-state index contributed by atoms with van der Waals surface area (Å²) in [7, 11) is 1.25. The minimum absolute atomic E-state index is 0.129. The van der Waals surface area contributed by atoms with Crippen molar-refractivity contribution in [1.82, 2.24) is 0 Å². The third-order valence-electron chi connectivity index (χ3n) is 3.12. The Bertz CT molecular complexity index is 500. The summed E-state index contributed by atoms with van der Waals surface area (Å²) in [6.45, 7) is 0. The SMILES string of the molecule is COC(=O)[C@@H](CC(=O)[C@@H](N)CC(=O)O)Cc1ccccc1. The number of benzene rings is 1. The molecule has 0 radical (unpaired) electrons. The van der Waals surface area contributed by atoms with Gasteiger partial charge in [0.05, 0.1) is 25.5 Å². The number of carbonyl (C=O) groups is 3. The Kier molecular flexibility index (Phi) is 6.55.